The van der Waals surface area contributed by atoms with Crippen molar-refractivity contribution < 1.29 is 4.74 Å². The first kappa shape index (κ1) is 13.5. The smallest absolute Gasteiger partial charge is 0.0702 e. The summed E-state index contributed by atoms with van der Waals surface area (Å²) in [6.07, 6.45) is 6.94. The van der Waals surface area contributed by atoms with E-state index in [9.17, 15) is 0 Å². The molecule has 0 aromatic rings. The minimum Gasteiger partial charge on any atom is -0.377 e. The van der Waals surface area contributed by atoms with E-state index in [0.29, 0.717) is 6.10 Å². The zero-order chi connectivity index (χ0) is 10.9. The van der Waals surface area contributed by atoms with E-state index in [-0.39, 0.29) is 0 Å². The zero-order valence-electron chi connectivity index (χ0n) is 9.88. The maximum absolute atomic E-state index is 5.78. The molecule has 1 rings (SSSR count). The fourth-order valence-corrected chi connectivity index (χ4v) is 2.54. The quantitative estimate of drug-likeness (QED) is 0.664. The first-order valence-corrected chi connectivity index (χ1v) is 7.39. The largest absolute Gasteiger partial charge is 0.377 e. The Balaban J connectivity index is 2.21. The van der Waals surface area contributed by atoms with Crippen LogP contribution in [0, 0.1) is 0 Å². The third-order valence-electron chi connectivity index (χ3n) is 2.96. The number of halogens is 1. The van der Waals surface area contributed by atoms with Gasteiger partial charge >= 0.3 is 0 Å². The highest BCUT2D eigenvalue weighted by atomic mass is 79.9. The van der Waals surface area contributed by atoms with Gasteiger partial charge in [-0.25, -0.2) is 0 Å². The summed E-state index contributed by atoms with van der Waals surface area (Å²) in [6, 6.07) is 0. The normalized spacial score (nSPS) is 22.2. The van der Waals surface area contributed by atoms with Crippen LogP contribution in [0.5, 0.6) is 0 Å². The van der Waals surface area contributed by atoms with Crippen LogP contribution in [0.4, 0.5) is 0 Å². The van der Waals surface area contributed by atoms with E-state index in [1.54, 1.807) is 0 Å². The maximum atomic E-state index is 5.78. The van der Waals surface area contributed by atoms with Crippen LogP contribution >= 0.6 is 15.9 Å². The second-order valence-electron chi connectivity index (χ2n) is 4.33. The lowest BCUT2D eigenvalue weighted by atomic mass is 10.1. The molecule has 2 nitrogen and oxygen atoms in total. The van der Waals surface area contributed by atoms with Gasteiger partial charge in [0, 0.05) is 25.0 Å². The highest BCUT2D eigenvalue weighted by Crippen LogP contribution is 2.14. The second-order valence-corrected chi connectivity index (χ2v) is 5.12. The average molecular weight is 278 g/mol. The van der Waals surface area contributed by atoms with E-state index >= 15 is 0 Å². The molecule has 90 valence electrons. The van der Waals surface area contributed by atoms with Crippen LogP contribution in [0.25, 0.3) is 0 Å². The molecule has 1 atom stereocenters. The van der Waals surface area contributed by atoms with Gasteiger partial charge in [-0.1, -0.05) is 29.3 Å². The Kier molecular flexibility index (Phi) is 7.67. The number of rotatable bonds is 7. The van der Waals surface area contributed by atoms with E-state index in [1.807, 2.05) is 0 Å². The molecule has 0 radical (unpaired) electrons. The number of alkyl halides is 1. The van der Waals surface area contributed by atoms with Crippen molar-refractivity contribution in [2.24, 2.45) is 0 Å². The van der Waals surface area contributed by atoms with E-state index in [4.69, 9.17) is 4.74 Å². The SMILES string of the molecule is CCCCN(CCBr)CC1CCCCO1. The van der Waals surface area contributed by atoms with Gasteiger partial charge in [0.1, 0.15) is 0 Å². The van der Waals surface area contributed by atoms with Crippen LogP contribution < -0.4 is 0 Å². The highest BCUT2D eigenvalue weighted by Gasteiger charge is 2.16. The van der Waals surface area contributed by atoms with E-state index in [1.165, 1.54) is 38.6 Å². The first-order valence-electron chi connectivity index (χ1n) is 6.26. The van der Waals surface area contributed by atoms with Crippen molar-refractivity contribution in [3.63, 3.8) is 0 Å². The molecule has 1 saturated heterocycles. The summed E-state index contributed by atoms with van der Waals surface area (Å²) in [5.74, 6) is 0. The minimum atomic E-state index is 0.495. The van der Waals surface area contributed by atoms with Gasteiger partial charge in [0.25, 0.3) is 0 Å². The molecule has 0 aliphatic carbocycles. The Hall–Kier alpha value is 0.400. The fraction of sp³-hybridized carbons (Fsp3) is 1.00. The molecule has 1 fully saturated rings. The number of nitrogens with zero attached hydrogens (tertiary/aromatic N) is 1. The van der Waals surface area contributed by atoms with Crippen molar-refractivity contribution in [2.75, 3.05) is 31.6 Å². The third kappa shape index (κ3) is 5.88. The minimum absolute atomic E-state index is 0.495. The Morgan fingerprint density at radius 3 is 2.80 bits per heavy atom. The molecule has 15 heavy (non-hydrogen) atoms. The summed E-state index contributed by atoms with van der Waals surface area (Å²) in [5, 5.41) is 1.07. The first-order chi connectivity index (χ1) is 7.36. The van der Waals surface area contributed by atoms with Crippen LogP contribution in [0.2, 0.25) is 0 Å². The van der Waals surface area contributed by atoms with Crippen LogP contribution in [0.15, 0.2) is 0 Å². The molecule has 0 amide bonds. The number of unbranched alkanes of at least 4 members (excludes halogenated alkanes) is 1. The molecular formula is C12H24BrNO. The van der Waals surface area contributed by atoms with Crippen LogP contribution in [-0.4, -0.2) is 42.6 Å². The fourth-order valence-electron chi connectivity index (χ4n) is 2.04. The Morgan fingerprint density at radius 2 is 2.20 bits per heavy atom. The third-order valence-corrected chi connectivity index (χ3v) is 3.32. The molecule has 0 saturated carbocycles. The van der Waals surface area contributed by atoms with Gasteiger partial charge in [0.2, 0.25) is 0 Å². The summed E-state index contributed by atoms with van der Waals surface area (Å²) in [7, 11) is 0. The maximum Gasteiger partial charge on any atom is 0.0702 e. The van der Waals surface area contributed by atoms with Crippen LogP contribution in [-0.2, 0) is 4.74 Å². The Morgan fingerprint density at radius 1 is 1.33 bits per heavy atom. The van der Waals surface area contributed by atoms with Gasteiger partial charge in [-0.2, -0.15) is 0 Å². The number of hydrogen-bond donors (Lipinski definition) is 0. The Bertz CT molecular complexity index is 149. The summed E-state index contributed by atoms with van der Waals surface area (Å²) in [4.78, 5) is 2.54. The topological polar surface area (TPSA) is 12.5 Å². The molecule has 3 heteroatoms. The van der Waals surface area contributed by atoms with Gasteiger partial charge in [-0.05, 0) is 32.2 Å². The molecule has 0 N–H and O–H groups in total. The van der Waals surface area contributed by atoms with Crippen molar-refractivity contribution >= 4 is 15.9 Å². The number of hydrogen-bond acceptors (Lipinski definition) is 2. The summed E-state index contributed by atoms with van der Waals surface area (Å²) >= 11 is 3.52. The molecule has 0 aromatic carbocycles. The molecule has 1 aliphatic heterocycles. The molecule has 1 aliphatic rings. The number of ether oxygens (including phenoxy) is 1. The molecule has 0 aromatic heterocycles. The highest BCUT2D eigenvalue weighted by molar-refractivity contribution is 9.09. The predicted molar refractivity (Wildman–Crippen MR) is 68.7 cm³/mol. The van der Waals surface area contributed by atoms with E-state index in [2.05, 4.69) is 27.8 Å². The van der Waals surface area contributed by atoms with Gasteiger partial charge in [-0.15, -0.1) is 0 Å². The van der Waals surface area contributed by atoms with Crippen molar-refractivity contribution in [3.05, 3.63) is 0 Å². The van der Waals surface area contributed by atoms with Crippen molar-refractivity contribution in [1.82, 2.24) is 4.90 Å². The average Bonchev–Trinajstić information content (AvgIpc) is 2.28. The van der Waals surface area contributed by atoms with Gasteiger partial charge < -0.3 is 4.74 Å². The monoisotopic (exact) mass is 277 g/mol. The predicted octanol–water partition coefficient (Wildman–Crippen LogP) is 3.05. The summed E-state index contributed by atoms with van der Waals surface area (Å²) < 4.78 is 5.78. The lowest BCUT2D eigenvalue weighted by molar-refractivity contribution is -0.00478. The lowest BCUT2D eigenvalue weighted by Gasteiger charge is -2.29. The van der Waals surface area contributed by atoms with Gasteiger partial charge in [0.15, 0.2) is 0 Å². The van der Waals surface area contributed by atoms with E-state index in [0.717, 1.165) is 25.0 Å². The van der Waals surface area contributed by atoms with Gasteiger partial charge in [0.05, 0.1) is 6.10 Å². The molecular weight excluding hydrogens is 254 g/mol. The standard InChI is InChI=1S/C12H24BrNO/c1-2-3-8-14(9-7-13)11-12-6-4-5-10-15-12/h12H,2-11H2,1H3. The van der Waals surface area contributed by atoms with Crippen molar-refractivity contribution in [3.8, 4) is 0 Å². The summed E-state index contributed by atoms with van der Waals surface area (Å²) in [6.45, 7) is 6.73. The van der Waals surface area contributed by atoms with Gasteiger partial charge in [-0.3, -0.25) is 4.90 Å². The Labute approximate surface area is 102 Å². The van der Waals surface area contributed by atoms with Crippen LogP contribution in [0.3, 0.4) is 0 Å². The van der Waals surface area contributed by atoms with Crippen molar-refractivity contribution in [1.29, 1.82) is 0 Å². The molecule has 0 spiro atoms. The van der Waals surface area contributed by atoms with Crippen LogP contribution in [0.1, 0.15) is 39.0 Å². The molecule has 0 bridgehead atoms. The zero-order valence-corrected chi connectivity index (χ0v) is 11.5. The lowest BCUT2D eigenvalue weighted by Crippen LogP contribution is -2.37. The second kappa shape index (κ2) is 8.54. The molecule has 1 unspecified atom stereocenters. The van der Waals surface area contributed by atoms with Crippen molar-refractivity contribution in [2.45, 2.75) is 45.1 Å². The van der Waals surface area contributed by atoms with E-state index < -0.39 is 0 Å². The molecule has 1 heterocycles. The summed E-state index contributed by atoms with van der Waals surface area (Å²) in [5.41, 5.74) is 0.